The van der Waals surface area contributed by atoms with Gasteiger partial charge in [-0.2, -0.15) is 0 Å². The minimum atomic E-state index is -3.83. The van der Waals surface area contributed by atoms with Crippen molar-refractivity contribution in [3.05, 3.63) is 83.7 Å². The van der Waals surface area contributed by atoms with Gasteiger partial charge in [0.2, 0.25) is 0 Å². The minimum Gasteiger partial charge on any atom is -0.497 e. The molecule has 3 aromatic carbocycles. The van der Waals surface area contributed by atoms with Gasteiger partial charge in [-0.1, -0.05) is 18.2 Å². The molecule has 0 bridgehead atoms. The van der Waals surface area contributed by atoms with E-state index in [-0.39, 0.29) is 16.1 Å². The Morgan fingerprint density at radius 1 is 0.971 bits per heavy atom. The normalized spacial score (nSPS) is 11.3. The van der Waals surface area contributed by atoms with E-state index in [0.29, 0.717) is 16.6 Å². The second-order valence-corrected chi connectivity index (χ2v) is 10.9. The summed E-state index contributed by atoms with van der Waals surface area (Å²) in [5, 5.41) is 5.81. The summed E-state index contributed by atoms with van der Waals surface area (Å²) < 4.78 is 34.0. The number of anilines is 2. The highest BCUT2D eigenvalue weighted by Crippen LogP contribution is 2.32. The van der Waals surface area contributed by atoms with Crippen molar-refractivity contribution in [3.8, 4) is 16.5 Å². The fourth-order valence-electron chi connectivity index (χ4n) is 3.27. The first-order valence-corrected chi connectivity index (χ1v) is 13.5. The molecule has 0 saturated heterocycles. The number of aromatic nitrogens is 2. The Morgan fingerprint density at radius 3 is 2.54 bits per heavy atom. The SMILES string of the molecule is COc1ccc(S(=O)(=O)Nc2cccc(C(=O)Nc3nc(-c4nc5ccccc5s4)cs3)c2)cc1. The van der Waals surface area contributed by atoms with Crippen LogP contribution in [0.4, 0.5) is 10.8 Å². The van der Waals surface area contributed by atoms with Gasteiger partial charge in [0, 0.05) is 16.6 Å². The van der Waals surface area contributed by atoms with E-state index < -0.39 is 15.9 Å². The zero-order valence-corrected chi connectivity index (χ0v) is 20.7. The maximum Gasteiger partial charge on any atom is 0.261 e. The number of amides is 1. The van der Waals surface area contributed by atoms with Crippen LogP contribution >= 0.6 is 22.7 Å². The quantitative estimate of drug-likeness (QED) is 0.293. The van der Waals surface area contributed by atoms with Crippen LogP contribution in [0.3, 0.4) is 0 Å². The number of carbonyl (C=O) groups is 1. The Kier molecular flexibility index (Phi) is 6.20. The maximum atomic E-state index is 12.8. The summed E-state index contributed by atoms with van der Waals surface area (Å²) in [5.41, 5.74) is 2.15. The lowest BCUT2D eigenvalue weighted by Crippen LogP contribution is -2.15. The number of methoxy groups -OCH3 is 1. The molecule has 2 heterocycles. The molecular formula is C24H18N4O4S3. The molecular weight excluding hydrogens is 504 g/mol. The van der Waals surface area contributed by atoms with E-state index in [0.717, 1.165) is 15.2 Å². The highest BCUT2D eigenvalue weighted by atomic mass is 32.2. The zero-order valence-electron chi connectivity index (χ0n) is 18.3. The summed E-state index contributed by atoms with van der Waals surface area (Å²) in [6.45, 7) is 0. The molecule has 0 aliphatic heterocycles. The number of benzene rings is 3. The molecule has 0 unspecified atom stereocenters. The molecule has 5 rings (SSSR count). The van der Waals surface area contributed by atoms with Crippen molar-refractivity contribution >= 4 is 59.6 Å². The number of hydrogen-bond acceptors (Lipinski definition) is 8. The molecule has 8 nitrogen and oxygen atoms in total. The zero-order chi connectivity index (χ0) is 24.4. The number of nitrogens with zero attached hydrogens (tertiary/aromatic N) is 2. The first-order chi connectivity index (χ1) is 16.9. The van der Waals surface area contributed by atoms with Gasteiger partial charge >= 0.3 is 0 Å². The van der Waals surface area contributed by atoms with Gasteiger partial charge in [0.05, 0.1) is 22.2 Å². The number of ether oxygens (including phenoxy) is 1. The summed E-state index contributed by atoms with van der Waals surface area (Å²) >= 11 is 2.83. The third-order valence-corrected chi connectivity index (χ3v) is 8.20. The molecule has 0 atom stereocenters. The van der Waals surface area contributed by atoms with Crippen molar-refractivity contribution in [2.75, 3.05) is 17.1 Å². The van der Waals surface area contributed by atoms with Crippen LogP contribution in [0, 0.1) is 0 Å². The fourth-order valence-corrected chi connectivity index (χ4v) is 6.01. The lowest BCUT2D eigenvalue weighted by molar-refractivity contribution is 0.102. The van der Waals surface area contributed by atoms with Crippen molar-refractivity contribution < 1.29 is 17.9 Å². The number of carbonyl (C=O) groups excluding carboxylic acids is 1. The van der Waals surface area contributed by atoms with Crippen molar-refractivity contribution in [3.63, 3.8) is 0 Å². The van der Waals surface area contributed by atoms with Crippen LogP contribution < -0.4 is 14.8 Å². The minimum absolute atomic E-state index is 0.0818. The van der Waals surface area contributed by atoms with Gasteiger partial charge in [0.25, 0.3) is 15.9 Å². The van der Waals surface area contributed by atoms with Crippen LogP contribution in [0.2, 0.25) is 0 Å². The van der Waals surface area contributed by atoms with Crippen LogP contribution in [0.5, 0.6) is 5.75 Å². The van der Waals surface area contributed by atoms with Gasteiger partial charge in [0.1, 0.15) is 16.5 Å². The second-order valence-electron chi connectivity index (χ2n) is 7.34. The number of hydrogen-bond donors (Lipinski definition) is 2. The first-order valence-electron chi connectivity index (χ1n) is 10.3. The van der Waals surface area contributed by atoms with Crippen LogP contribution in [0.1, 0.15) is 10.4 Å². The van der Waals surface area contributed by atoms with Crippen molar-refractivity contribution in [2.24, 2.45) is 0 Å². The lowest BCUT2D eigenvalue weighted by Gasteiger charge is -2.10. The smallest absolute Gasteiger partial charge is 0.261 e. The Hall–Kier alpha value is -3.80. The number of rotatable bonds is 7. The van der Waals surface area contributed by atoms with E-state index >= 15 is 0 Å². The molecule has 0 fully saturated rings. The Bertz CT molecular complexity index is 1590. The number of thiazole rings is 2. The monoisotopic (exact) mass is 522 g/mol. The summed E-state index contributed by atoms with van der Waals surface area (Å²) in [7, 11) is -2.33. The molecule has 0 saturated carbocycles. The molecule has 2 N–H and O–H groups in total. The van der Waals surface area contributed by atoms with Gasteiger partial charge < -0.3 is 4.74 Å². The van der Waals surface area contributed by atoms with Crippen molar-refractivity contribution in [1.82, 2.24) is 9.97 Å². The molecule has 35 heavy (non-hydrogen) atoms. The molecule has 0 spiro atoms. The third-order valence-electron chi connectivity index (χ3n) is 4.98. The molecule has 2 aromatic heterocycles. The van der Waals surface area contributed by atoms with E-state index in [1.165, 1.54) is 48.0 Å². The summed E-state index contributed by atoms with van der Waals surface area (Å²) in [6, 6.07) is 20.1. The number of fused-ring (bicyclic) bond motifs is 1. The molecule has 0 aliphatic carbocycles. The average Bonchev–Trinajstić information content (AvgIpc) is 3.51. The van der Waals surface area contributed by atoms with E-state index in [1.807, 2.05) is 29.6 Å². The topological polar surface area (TPSA) is 110 Å². The number of nitrogens with one attached hydrogen (secondary N) is 2. The highest BCUT2D eigenvalue weighted by molar-refractivity contribution is 7.92. The Labute approximate surface area is 209 Å². The molecule has 0 aliphatic rings. The third kappa shape index (κ3) is 5.02. The maximum absolute atomic E-state index is 12.8. The van der Waals surface area contributed by atoms with Crippen molar-refractivity contribution in [2.45, 2.75) is 4.90 Å². The van der Waals surface area contributed by atoms with Gasteiger partial charge in [0.15, 0.2) is 5.13 Å². The van der Waals surface area contributed by atoms with E-state index in [2.05, 4.69) is 20.0 Å². The molecule has 176 valence electrons. The van der Waals surface area contributed by atoms with Crippen LogP contribution in [0.25, 0.3) is 20.9 Å². The predicted molar refractivity (Wildman–Crippen MR) is 139 cm³/mol. The molecule has 5 aromatic rings. The van der Waals surface area contributed by atoms with Crippen LogP contribution in [-0.2, 0) is 10.0 Å². The standard InChI is InChI=1S/C24H18N4O4S3/c1-32-17-9-11-18(12-10-17)35(30,31)28-16-6-4-5-15(13-16)22(29)27-24-26-20(14-33-24)23-25-19-7-2-3-8-21(19)34-23/h2-14,28H,1H3,(H,26,27,29). The van der Waals surface area contributed by atoms with Crippen LogP contribution in [0.15, 0.2) is 83.1 Å². The summed E-state index contributed by atoms with van der Waals surface area (Å²) in [4.78, 5) is 22.0. The number of sulfonamides is 1. The van der Waals surface area contributed by atoms with Gasteiger partial charge in [-0.3, -0.25) is 14.8 Å². The fraction of sp³-hybridized carbons (Fsp3) is 0.0417. The largest absolute Gasteiger partial charge is 0.497 e. The summed E-state index contributed by atoms with van der Waals surface area (Å²) in [5.74, 6) is 0.150. The predicted octanol–water partition coefficient (Wildman–Crippen LogP) is 5.48. The van der Waals surface area contributed by atoms with E-state index in [4.69, 9.17) is 4.74 Å². The highest BCUT2D eigenvalue weighted by Gasteiger charge is 2.17. The van der Waals surface area contributed by atoms with Gasteiger partial charge in [-0.25, -0.2) is 18.4 Å². The van der Waals surface area contributed by atoms with E-state index in [1.54, 1.807) is 30.3 Å². The second kappa shape index (κ2) is 9.45. The van der Waals surface area contributed by atoms with Crippen molar-refractivity contribution in [1.29, 1.82) is 0 Å². The van der Waals surface area contributed by atoms with Gasteiger partial charge in [-0.15, -0.1) is 22.7 Å². The first kappa shape index (κ1) is 23.0. The Morgan fingerprint density at radius 2 is 1.77 bits per heavy atom. The average molecular weight is 523 g/mol. The number of para-hydroxylation sites is 1. The Balaban J connectivity index is 1.30. The van der Waals surface area contributed by atoms with Crippen LogP contribution in [-0.4, -0.2) is 31.4 Å². The molecule has 1 amide bonds. The van der Waals surface area contributed by atoms with E-state index in [9.17, 15) is 13.2 Å². The summed E-state index contributed by atoms with van der Waals surface area (Å²) in [6.07, 6.45) is 0. The van der Waals surface area contributed by atoms with Gasteiger partial charge in [-0.05, 0) is 54.6 Å². The molecule has 11 heteroatoms. The lowest BCUT2D eigenvalue weighted by atomic mass is 10.2. The molecule has 0 radical (unpaired) electrons.